The number of carbonyl (C=O) groups excluding carboxylic acids is 1. The fourth-order valence-corrected chi connectivity index (χ4v) is 2.31. The number of aliphatic hydroxyl groups is 1. The van der Waals surface area contributed by atoms with Crippen molar-refractivity contribution in [2.75, 3.05) is 14.2 Å². The van der Waals surface area contributed by atoms with Crippen LogP contribution in [0, 0.1) is 0 Å². The SMILES string of the molecule is COc1ccc(C(C)C(O)CC(=O)OOc2ccccc2)cc1OC. The number of hydrogen-bond donors (Lipinski definition) is 1. The van der Waals surface area contributed by atoms with Crippen LogP contribution in [-0.2, 0) is 9.68 Å². The molecule has 134 valence electrons. The minimum Gasteiger partial charge on any atom is -0.493 e. The lowest BCUT2D eigenvalue weighted by atomic mass is 9.93. The first-order chi connectivity index (χ1) is 12.0. The average molecular weight is 346 g/mol. The molecule has 0 aliphatic heterocycles. The van der Waals surface area contributed by atoms with Crippen LogP contribution in [0.5, 0.6) is 17.2 Å². The summed E-state index contributed by atoms with van der Waals surface area (Å²) in [7, 11) is 3.10. The van der Waals surface area contributed by atoms with E-state index >= 15 is 0 Å². The molecule has 6 heteroatoms. The molecule has 0 bridgehead atoms. The van der Waals surface area contributed by atoms with E-state index in [4.69, 9.17) is 19.2 Å². The number of carbonyl (C=O) groups is 1. The third-order valence-electron chi connectivity index (χ3n) is 3.86. The van der Waals surface area contributed by atoms with Crippen molar-refractivity contribution in [1.29, 1.82) is 0 Å². The van der Waals surface area contributed by atoms with Crippen LogP contribution in [0.25, 0.3) is 0 Å². The molecule has 2 aromatic carbocycles. The molecule has 25 heavy (non-hydrogen) atoms. The quantitative estimate of drug-likeness (QED) is 0.585. The summed E-state index contributed by atoms with van der Waals surface area (Å²) in [4.78, 5) is 21.5. The van der Waals surface area contributed by atoms with E-state index in [0.717, 1.165) is 5.56 Å². The van der Waals surface area contributed by atoms with Crippen molar-refractivity contribution < 1.29 is 29.1 Å². The van der Waals surface area contributed by atoms with Crippen LogP contribution in [0.3, 0.4) is 0 Å². The van der Waals surface area contributed by atoms with Gasteiger partial charge in [-0.3, -0.25) is 9.78 Å². The molecular weight excluding hydrogens is 324 g/mol. The van der Waals surface area contributed by atoms with Gasteiger partial charge < -0.3 is 14.6 Å². The Morgan fingerprint density at radius 2 is 1.72 bits per heavy atom. The van der Waals surface area contributed by atoms with Gasteiger partial charge in [0.25, 0.3) is 0 Å². The second-order valence-corrected chi connectivity index (χ2v) is 5.53. The van der Waals surface area contributed by atoms with Crippen molar-refractivity contribution in [3.05, 3.63) is 54.1 Å². The first-order valence-corrected chi connectivity index (χ1v) is 7.87. The molecule has 0 radical (unpaired) electrons. The molecule has 0 saturated carbocycles. The number of rotatable bonds is 8. The van der Waals surface area contributed by atoms with E-state index in [9.17, 15) is 9.90 Å². The molecule has 0 aliphatic rings. The van der Waals surface area contributed by atoms with Crippen LogP contribution >= 0.6 is 0 Å². The Balaban J connectivity index is 1.93. The molecule has 0 amide bonds. The Kier molecular flexibility index (Phi) is 6.65. The van der Waals surface area contributed by atoms with Crippen LogP contribution in [0.2, 0.25) is 0 Å². The number of para-hydroxylation sites is 1. The van der Waals surface area contributed by atoms with Gasteiger partial charge >= 0.3 is 5.97 Å². The molecule has 0 fully saturated rings. The van der Waals surface area contributed by atoms with E-state index in [0.29, 0.717) is 17.2 Å². The molecular formula is C19H22O6. The van der Waals surface area contributed by atoms with Gasteiger partial charge in [0.15, 0.2) is 17.2 Å². The summed E-state index contributed by atoms with van der Waals surface area (Å²) in [5.41, 5.74) is 0.821. The highest BCUT2D eigenvalue weighted by Gasteiger charge is 2.22. The van der Waals surface area contributed by atoms with E-state index in [1.165, 1.54) is 0 Å². The van der Waals surface area contributed by atoms with Crippen molar-refractivity contribution in [2.24, 2.45) is 0 Å². The Labute approximate surface area is 146 Å². The Bertz CT molecular complexity index is 686. The van der Waals surface area contributed by atoms with E-state index in [1.807, 2.05) is 19.1 Å². The second kappa shape index (κ2) is 8.94. The highest BCUT2D eigenvalue weighted by molar-refractivity contribution is 5.69. The molecule has 1 N–H and O–H groups in total. The number of aliphatic hydroxyl groups excluding tert-OH is 1. The monoisotopic (exact) mass is 346 g/mol. The zero-order valence-electron chi connectivity index (χ0n) is 14.5. The zero-order valence-corrected chi connectivity index (χ0v) is 14.5. The van der Waals surface area contributed by atoms with Crippen LogP contribution in [0.1, 0.15) is 24.8 Å². The maximum absolute atomic E-state index is 11.8. The van der Waals surface area contributed by atoms with E-state index in [-0.39, 0.29) is 12.3 Å². The Morgan fingerprint density at radius 3 is 2.36 bits per heavy atom. The van der Waals surface area contributed by atoms with E-state index in [1.54, 1.807) is 50.6 Å². The third kappa shape index (κ3) is 5.12. The lowest BCUT2D eigenvalue weighted by Gasteiger charge is -2.19. The minimum absolute atomic E-state index is 0.192. The zero-order chi connectivity index (χ0) is 18.2. The molecule has 0 spiro atoms. The fraction of sp³-hybridized carbons (Fsp3) is 0.316. The number of hydrogen-bond acceptors (Lipinski definition) is 6. The predicted octanol–water partition coefficient (Wildman–Crippen LogP) is 3.10. The van der Waals surface area contributed by atoms with Crippen molar-refractivity contribution in [1.82, 2.24) is 0 Å². The van der Waals surface area contributed by atoms with Gasteiger partial charge in [-0.25, -0.2) is 4.79 Å². The molecule has 2 aromatic rings. The summed E-state index contributed by atoms with van der Waals surface area (Å²) in [5, 5.41) is 10.3. The van der Waals surface area contributed by atoms with Crippen LogP contribution < -0.4 is 14.4 Å². The predicted molar refractivity (Wildman–Crippen MR) is 91.7 cm³/mol. The van der Waals surface area contributed by atoms with Gasteiger partial charge in [-0.1, -0.05) is 31.2 Å². The maximum Gasteiger partial charge on any atom is 0.358 e. The fourth-order valence-electron chi connectivity index (χ4n) is 2.31. The number of benzene rings is 2. The normalized spacial score (nSPS) is 12.8. The largest absolute Gasteiger partial charge is 0.493 e. The van der Waals surface area contributed by atoms with Gasteiger partial charge in [0.1, 0.15) is 0 Å². The summed E-state index contributed by atoms with van der Waals surface area (Å²) in [6, 6.07) is 14.0. The number of methoxy groups -OCH3 is 2. The lowest BCUT2D eigenvalue weighted by molar-refractivity contribution is -0.215. The van der Waals surface area contributed by atoms with Crippen molar-refractivity contribution in [2.45, 2.75) is 25.4 Å². The standard InChI is InChI=1S/C19H22O6/c1-13(14-9-10-17(22-2)18(11-14)23-3)16(20)12-19(21)25-24-15-7-5-4-6-8-15/h4-11,13,16,20H,12H2,1-3H3. The van der Waals surface area contributed by atoms with Crippen molar-refractivity contribution >= 4 is 5.97 Å². The summed E-state index contributed by atoms with van der Waals surface area (Å²) >= 11 is 0. The maximum atomic E-state index is 11.8. The summed E-state index contributed by atoms with van der Waals surface area (Å²) in [6.07, 6.45) is -1.12. The smallest absolute Gasteiger partial charge is 0.358 e. The van der Waals surface area contributed by atoms with Gasteiger partial charge in [0.2, 0.25) is 0 Å². The number of ether oxygens (including phenoxy) is 2. The Morgan fingerprint density at radius 1 is 1.04 bits per heavy atom. The molecule has 2 atom stereocenters. The molecule has 0 aromatic heterocycles. The summed E-state index contributed by atoms with van der Waals surface area (Å²) in [6.45, 7) is 1.82. The minimum atomic E-state index is -0.926. The first-order valence-electron chi connectivity index (χ1n) is 7.87. The molecule has 2 rings (SSSR count). The highest BCUT2D eigenvalue weighted by atomic mass is 17.2. The van der Waals surface area contributed by atoms with Gasteiger partial charge in [-0.15, -0.1) is 0 Å². The molecule has 2 unspecified atom stereocenters. The molecule has 0 saturated heterocycles. The van der Waals surface area contributed by atoms with Crippen LogP contribution in [0.4, 0.5) is 0 Å². The van der Waals surface area contributed by atoms with Crippen LogP contribution in [-0.4, -0.2) is 31.4 Å². The highest BCUT2D eigenvalue weighted by Crippen LogP contribution is 2.32. The summed E-state index contributed by atoms with van der Waals surface area (Å²) < 4.78 is 10.4. The van der Waals surface area contributed by atoms with Gasteiger partial charge in [-0.2, -0.15) is 0 Å². The van der Waals surface area contributed by atoms with Crippen molar-refractivity contribution in [3.8, 4) is 17.2 Å². The third-order valence-corrected chi connectivity index (χ3v) is 3.86. The summed E-state index contributed by atoms with van der Waals surface area (Å²) in [5.74, 6) is 0.628. The van der Waals surface area contributed by atoms with Gasteiger partial charge in [0.05, 0.1) is 26.7 Å². The van der Waals surface area contributed by atoms with Gasteiger partial charge in [-0.05, 0) is 29.8 Å². The van der Waals surface area contributed by atoms with E-state index < -0.39 is 12.1 Å². The lowest BCUT2D eigenvalue weighted by Crippen LogP contribution is -2.22. The topological polar surface area (TPSA) is 74.2 Å². The van der Waals surface area contributed by atoms with Crippen molar-refractivity contribution in [3.63, 3.8) is 0 Å². The van der Waals surface area contributed by atoms with Gasteiger partial charge in [0, 0.05) is 5.92 Å². The average Bonchev–Trinajstić information content (AvgIpc) is 2.65. The molecule has 0 aliphatic carbocycles. The molecule has 6 nitrogen and oxygen atoms in total. The van der Waals surface area contributed by atoms with Crippen LogP contribution in [0.15, 0.2) is 48.5 Å². The second-order valence-electron chi connectivity index (χ2n) is 5.53. The first kappa shape index (κ1) is 18.6. The Hall–Kier alpha value is -2.73. The molecule has 0 heterocycles. The van der Waals surface area contributed by atoms with E-state index in [2.05, 4.69) is 0 Å².